The summed E-state index contributed by atoms with van der Waals surface area (Å²) < 4.78 is 32.4. The lowest BCUT2D eigenvalue weighted by Crippen LogP contribution is -2.43. The van der Waals surface area contributed by atoms with Crippen LogP contribution in [0.4, 0.5) is 11.5 Å². The number of pyridine rings is 1. The summed E-state index contributed by atoms with van der Waals surface area (Å²) in [7, 11) is -3.93. The summed E-state index contributed by atoms with van der Waals surface area (Å²) in [6.07, 6.45) is 0. The van der Waals surface area contributed by atoms with Crippen LogP contribution in [-0.2, 0) is 14.9 Å². The molecule has 20 heavy (non-hydrogen) atoms. The molecule has 0 aliphatic carbocycles. The second kappa shape index (κ2) is 5.87. The molecule has 11 heteroatoms. The highest BCUT2D eigenvalue weighted by Gasteiger charge is 2.28. The van der Waals surface area contributed by atoms with Gasteiger partial charge in [0.25, 0.3) is 0 Å². The van der Waals surface area contributed by atoms with Gasteiger partial charge in [0.1, 0.15) is 5.15 Å². The molecule has 1 saturated heterocycles. The maximum Gasteiger partial charge on any atom is 0.312 e. The maximum atomic E-state index is 12.1. The highest BCUT2D eigenvalue weighted by atomic mass is 35.5. The number of anilines is 1. The molecule has 1 fully saturated rings. The van der Waals surface area contributed by atoms with Crippen molar-refractivity contribution < 1.29 is 18.1 Å². The number of nitrogens with one attached hydrogen (secondary N) is 1. The average Bonchev–Trinajstić information content (AvgIpc) is 2.39. The van der Waals surface area contributed by atoms with Gasteiger partial charge in [0.2, 0.25) is 5.82 Å². The molecule has 0 bridgehead atoms. The molecular weight excluding hydrogens is 312 g/mol. The van der Waals surface area contributed by atoms with Crippen LogP contribution in [0.1, 0.15) is 0 Å². The third kappa shape index (κ3) is 3.33. The Morgan fingerprint density at radius 2 is 2.05 bits per heavy atom. The second-order valence-electron chi connectivity index (χ2n) is 3.88. The van der Waals surface area contributed by atoms with Gasteiger partial charge in [-0.2, -0.15) is 12.7 Å². The van der Waals surface area contributed by atoms with Crippen LogP contribution in [0.5, 0.6) is 0 Å². The van der Waals surface area contributed by atoms with Crippen LogP contribution in [0.25, 0.3) is 0 Å². The molecule has 0 atom stereocenters. The van der Waals surface area contributed by atoms with Crippen LogP contribution in [0, 0.1) is 10.1 Å². The summed E-state index contributed by atoms with van der Waals surface area (Å²) in [5, 5.41) is 10.8. The Morgan fingerprint density at radius 3 is 2.65 bits per heavy atom. The fourth-order valence-corrected chi connectivity index (χ4v) is 2.93. The van der Waals surface area contributed by atoms with E-state index in [4.69, 9.17) is 16.3 Å². The van der Waals surface area contributed by atoms with Crippen LogP contribution < -0.4 is 4.72 Å². The van der Waals surface area contributed by atoms with Crippen molar-refractivity contribution in [2.45, 2.75) is 0 Å². The zero-order valence-electron chi connectivity index (χ0n) is 10.2. The van der Waals surface area contributed by atoms with E-state index >= 15 is 0 Å². The predicted molar refractivity (Wildman–Crippen MR) is 70.8 cm³/mol. The molecular formula is C9H11ClN4O5S. The Hall–Kier alpha value is -1.49. The first-order valence-corrected chi connectivity index (χ1v) is 7.38. The van der Waals surface area contributed by atoms with Gasteiger partial charge in [-0.25, -0.2) is 9.71 Å². The Balaban J connectivity index is 2.28. The van der Waals surface area contributed by atoms with Gasteiger partial charge in [0.05, 0.1) is 18.1 Å². The number of morpholine rings is 1. The first kappa shape index (κ1) is 14.9. The zero-order chi connectivity index (χ0) is 14.8. The van der Waals surface area contributed by atoms with Crippen LogP contribution in [-0.4, -0.2) is 48.9 Å². The standard InChI is InChI=1S/C9H11ClN4O5S/c10-8-2-1-7(14(15)16)9(11-8)12-20(17,18)13-3-5-19-6-4-13/h1-2H,3-6H2,(H,11,12). The van der Waals surface area contributed by atoms with E-state index in [9.17, 15) is 18.5 Å². The number of hydrogen-bond acceptors (Lipinski definition) is 6. The molecule has 0 unspecified atom stereocenters. The van der Waals surface area contributed by atoms with E-state index in [-0.39, 0.29) is 31.5 Å². The van der Waals surface area contributed by atoms with Gasteiger partial charge in [0.15, 0.2) is 0 Å². The van der Waals surface area contributed by atoms with E-state index < -0.39 is 26.6 Å². The van der Waals surface area contributed by atoms with Crippen molar-refractivity contribution in [1.29, 1.82) is 0 Å². The molecule has 1 N–H and O–H groups in total. The molecule has 2 heterocycles. The minimum absolute atomic E-state index is 0.0460. The molecule has 1 aliphatic heterocycles. The molecule has 1 aromatic rings. The summed E-state index contributed by atoms with van der Waals surface area (Å²) >= 11 is 5.63. The van der Waals surface area contributed by atoms with Gasteiger partial charge in [-0.15, -0.1) is 0 Å². The van der Waals surface area contributed by atoms with Crippen LogP contribution in [0.3, 0.4) is 0 Å². The lowest BCUT2D eigenvalue weighted by atomic mass is 10.4. The van der Waals surface area contributed by atoms with Gasteiger partial charge in [0, 0.05) is 19.2 Å². The van der Waals surface area contributed by atoms with Crippen molar-refractivity contribution in [1.82, 2.24) is 9.29 Å². The number of aromatic nitrogens is 1. The van der Waals surface area contributed by atoms with Crippen molar-refractivity contribution in [3.63, 3.8) is 0 Å². The molecule has 0 aromatic carbocycles. The van der Waals surface area contributed by atoms with Crippen molar-refractivity contribution in [3.8, 4) is 0 Å². The SMILES string of the molecule is O=[N+]([O-])c1ccc(Cl)nc1NS(=O)(=O)N1CCOCC1. The summed E-state index contributed by atoms with van der Waals surface area (Å²) in [5.41, 5.74) is -0.466. The number of rotatable bonds is 4. The predicted octanol–water partition coefficient (Wildman–Crippen LogP) is 0.632. The largest absolute Gasteiger partial charge is 0.379 e. The van der Waals surface area contributed by atoms with E-state index in [2.05, 4.69) is 9.71 Å². The van der Waals surface area contributed by atoms with Gasteiger partial charge >= 0.3 is 15.9 Å². The number of nitro groups is 1. The lowest BCUT2D eigenvalue weighted by molar-refractivity contribution is -0.384. The number of nitrogens with zero attached hydrogens (tertiary/aromatic N) is 3. The van der Waals surface area contributed by atoms with Crippen molar-refractivity contribution in [3.05, 3.63) is 27.4 Å². The summed E-state index contributed by atoms with van der Waals surface area (Å²) in [4.78, 5) is 13.8. The highest BCUT2D eigenvalue weighted by Crippen LogP contribution is 2.25. The van der Waals surface area contributed by atoms with Crippen LogP contribution >= 0.6 is 11.6 Å². The Morgan fingerprint density at radius 1 is 1.40 bits per heavy atom. The third-order valence-corrected chi connectivity index (χ3v) is 4.28. The molecule has 2 rings (SSSR count). The lowest BCUT2D eigenvalue weighted by Gasteiger charge is -2.25. The number of ether oxygens (including phenoxy) is 1. The van der Waals surface area contributed by atoms with E-state index in [1.165, 1.54) is 6.07 Å². The molecule has 9 nitrogen and oxygen atoms in total. The Labute approximate surface area is 119 Å². The van der Waals surface area contributed by atoms with Crippen molar-refractivity contribution in [2.24, 2.45) is 0 Å². The molecule has 0 saturated carbocycles. The minimum atomic E-state index is -3.93. The molecule has 110 valence electrons. The molecule has 0 amide bonds. The average molecular weight is 323 g/mol. The number of hydrogen-bond donors (Lipinski definition) is 1. The van der Waals surface area contributed by atoms with Gasteiger partial charge in [-0.3, -0.25) is 10.1 Å². The van der Waals surface area contributed by atoms with Gasteiger partial charge in [-0.05, 0) is 6.07 Å². The monoisotopic (exact) mass is 322 g/mol. The normalized spacial score (nSPS) is 16.9. The van der Waals surface area contributed by atoms with Gasteiger partial charge in [-0.1, -0.05) is 11.6 Å². The quantitative estimate of drug-likeness (QED) is 0.494. The summed E-state index contributed by atoms with van der Waals surface area (Å²) in [6.45, 7) is 0.880. The molecule has 0 radical (unpaired) electrons. The number of halogens is 1. The highest BCUT2D eigenvalue weighted by molar-refractivity contribution is 7.90. The van der Waals surface area contributed by atoms with E-state index in [0.29, 0.717) is 0 Å². The molecule has 1 aliphatic rings. The van der Waals surface area contributed by atoms with E-state index in [0.717, 1.165) is 10.4 Å². The van der Waals surface area contributed by atoms with Crippen molar-refractivity contribution >= 4 is 33.3 Å². The minimum Gasteiger partial charge on any atom is -0.379 e. The molecule has 0 spiro atoms. The third-order valence-electron chi connectivity index (χ3n) is 2.57. The van der Waals surface area contributed by atoms with Crippen LogP contribution in [0.15, 0.2) is 12.1 Å². The maximum absolute atomic E-state index is 12.1. The molecule has 1 aromatic heterocycles. The first-order valence-electron chi connectivity index (χ1n) is 5.57. The zero-order valence-corrected chi connectivity index (χ0v) is 11.7. The second-order valence-corrected chi connectivity index (χ2v) is 5.94. The topological polar surface area (TPSA) is 115 Å². The Kier molecular flexibility index (Phi) is 4.38. The summed E-state index contributed by atoms with van der Waals surface area (Å²) in [5.74, 6) is -0.408. The fourth-order valence-electron chi connectivity index (χ4n) is 1.62. The Bertz CT molecular complexity index is 617. The van der Waals surface area contributed by atoms with Crippen molar-refractivity contribution in [2.75, 3.05) is 31.0 Å². The summed E-state index contributed by atoms with van der Waals surface area (Å²) in [6, 6.07) is 2.30. The van der Waals surface area contributed by atoms with Crippen LogP contribution in [0.2, 0.25) is 5.15 Å². The van der Waals surface area contributed by atoms with Gasteiger partial charge < -0.3 is 4.74 Å². The van der Waals surface area contributed by atoms with E-state index in [1.807, 2.05) is 0 Å². The first-order chi connectivity index (χ1) is 9.40. The van der Waals surface area contributed by atoms with E-state index in [1.54, 1.807) is 0 Å². The smallest absolute Gasteiger partial charge is 0.312 e. The fraction of sp³-hybridized carbons (Fsp3) is 0.444.